The predicted octanol–water partition coefficient (Wildman–Crippen LogP) is 0.0918. The standard InChI is InChI=1S/C48H74O19/c1-43(2)16-22-21-8-9-26-45(4)12-11-28(46(5,20-51)25(45)10-13-48(26,7)47(21,6)15-14-44(22,3)27(52)17-43)64-42-38(34(58)33(57)36(65-42)39(60)61)67-41-37(32(56)30(54)24(19-50)63-41)66-40-35(59)31(55)29(53)23(18-49)62-40/h8,20,22-26,28-38,40-42,49-50,53-59H,9-19H2,1-7H3,(H,60,61)/t22-,23-,24-,25+,26-,28-,29-,30+,31+,32+,33+,34+,35-,36+,37-,38-,40+,41+,42-,44-,45-,46-,47-,48-/m1/s1. The van der Waals surface area contributed by atoms with E-state index in [0.29, 0.717) is 31.5 Å². The second-order valence-corrected chi connectivity index (χ2v) is 23.2. The molecule has 8 aliphatic rings. The number of fused-ring (bicyclic) bond motifs is 7. The van der Waals surface area contributed by atoms with Gasteiger partial charge in [-0.05, 0) is 90.8 Å². The average molecular weight is 955 g/mol. The van der Waals surface area contributed by atoms with Gasteiger partial charge in [-0.2, -0.15) is 0 Å². The van der Waals surface area contributed by atoms with Crippen LogP contribution in [0.4, 0.5) is 0 Å². The van der Waals surface area contributed by atoms with Gasteiger partial charge in [-0.1, -0.05) is 60.1 Å². The number of hydrogen-bond donors (Lipinski definition) is 10. The molecule has 10 N–H and O–H groups in total. The molecule has 67 heavy (non-hydrogen) atoms. The first-order chi connectivity index (χ1) is 31.3. The summed E-state index contributed by atoms with van der Waals surface area (Å²) >= 11 is 0. The van der Waals surface area contributed by atoms with Gasteiger partial charge >= 0.3 is 5.97 Å². The van der Waals surface area contributed by atoms with Crippen molar-refractivity contribution in [2.75, 3.05) is 13.2 Å². The zero-order chi connectivity index (χ0) is 49.1. The van der Waals surface area contributed by atoms with Crippen LogP contribution in [0, 0.1) is 50.2 Å². The van der Waals surface area contributed by atoms with E-state index in [1.807, 2.05) is 6.92 Å². The van der Waals surface area contributed by atoms with Gasteiger partial charge in [0.1, 0.15) is 79.2 Å². The number of carboxylic acids is 1. The van der Waals surface area contributed by atoms with Crippen LogP contribution in [0.5, 0.6) is 0 Å². The molecule has 3 heterocycles. The Morgan fingerprint density at radius 2 is 1.28 bits per heavy atom. The SMILES string of the molecule is CC1(C)CC(=O)[C@]2(C)CC[C@]3(C)C(=CC[C@@H]4[C@]5(C)CC[C@@H](O[C@@H]6O[C@H](C(=O)O)[C@@H](O)[C@H](O)[C@H]6O[C@@H]6O[C@H](CO)[C@H](O)[C@H](O)[C@H]6O[C@@H]6O[C@H](CO)[C@@H](O)[C@H](O)[C@H]6O)[C@](C)(C=O)[C@H]5CC[C@]43C)[C@H]2C1. The predicted molar refractivity (Wildman–Crippen MR) is 230 cm³/mol. The van der Waals surface area contributed by atoms with Crippen LogP contribution < -0.4 is 0 Å². The number of aliphatic hydroxyl groups is 9. The molecule has 4 saturated carbocycles. The third kappa shape index (κ3) is 7.93. The Labute approximate surface area is 390 Å². The molecule has 0 radical (unpaired) electrons. The second kappa shape index (κ2) is 17.9. The highest BCUT2D eigenvalue weighted by molar-refractivity contribution is 5.87. The van der Waals surface area contributed by atoms with Gasteiger partial charge in [0.05, 0.1) is 24.7 Å². The molecular formula is C48H74O19. The van der Waals surface area contributed by atoms with Crippen molar-refractivity contribution >= 4 is 18.0 Å². The van der Waals surface area contributed by atoms with Gasteiger partial charge in [0.2, 0.25) is 0 Å². The first-order valence-electron chi connectivity index (χ1n) is 24.1. The fourth-order valence-corrected chi connectivity index (χ4v) is 14.8. The summed E-state index contributed by atoms with van der Waals surface area (Å²) in [7, 11) is 0. The first kappa shape index (κ1) is 51.3. The van der Waals surface area contributed by atoms with Crippen LogP contribution in [0.15, 0.2) is 11.6 Å². The molecule has 3 aliphatic heterocycles. The van der Waals surface area contributed by atoms with Crippen molar-refractivity contribution in [3.8, 4) is 0 Å². The lowest BCUT2D eigenvalue weighted by atomic mass is 9.33. The maximum atomic E-state index is 13.8. The minimum absolute atomic E-state index is 0.102. The molecule has 3 saturated heterocycles. The van der Waals surface area contributed by atoms with Gasteiger partial charge < -0.3 is 84.3 Å². The highest BCUT2D eigenvalue weighted by Gasteiger charge is 2.70. The number of allylic oxidation sites excluding steroid dienone is 2. The average Bonchev–Trinajstić information content (AvgIpc) is 3.27. The van der Waals surface area contributed by atoms with Crippen LogP contribution in [0.2, 0.25) is 0 Å². The van der Waals surface area contributed by atoms with E-state index in [1.165, 1.54) is 5.57 Å². The van der Waals surface area contributed by atoms with Gasteiger partial charge in [-0.15, -0.1) is 0 Å². The highest BCUT2D eigenvalue weighted by atomic mass is 16.8. The van der Waals surface area contributed by atoms with Crippen LogP contribution in [-0.2, 0) is 42.8 Å². The number of Topliss-reactive ketones (excluding diaryl/α,β-unsaturated/α-hetero) is 1. The van der Waals surface area contributed by atoms with Crippen molar-refractivity contribution in [2.45, 2.75) is 204 Å². The van der Waals surface area contributed by atoms with Gasteiger partial charge in [0.15, 0.2) is 25.0 Å². The molecule has 0 unspecified atom stereocenters. The summed E-state index contributed by atoms with van der Waals surface area (Å²) in [4.78, 5) is 40.0. The van der Waals surface area contributed by atoms with Crippen LogP contribution >= 0.6 is 0 Å². The number of carbonyl (C=O) groups is 3. The fraction of sp³-hybridized carbons (Fsp3) is 0.896. The molecule has 19 heteroatoms. The summed E-state index contributed by atoms with van der Waals surface area (Å²) in [5.41, 5.74) is -1.01. The Hall–Kier alpha value is -2.05. The lowest BCUT2D eigenvalue weighted by Crippen LogP contribution is -2.68. The Morgan fingerprint density at radius 1 is 0.701 bits per heavy atom. The highest BCUT2D eigenvalue weighted by Crippen LogP contribution is 2.75. The number of ether oxygens (including phenoxy) is 6. The number of ketones is 1. The maximum Gasteiger partial charge on any atom is 0.335 e. The summed E-state index contributed by atoms with van der Waals surface area (Å²) in [6, 6.07) is 0. The molecule has 0 aromatic carbocycles. The lowest BCUT2D eigenvalue weighted by molar-refractivity contribution is -0.396. The van der Waals surface area contributed by atoms with E-state index < -0.39 is 128 Å². The molecule has 0 aromatic heterocycles. The zero-order valence-electron chi connectivity index (χ0n) is 39.5. The number of aliphatic hydroxyl groups excluding tert-OH is 9. The normalized spacial score (nSPS) is 54.1. The lowest BCUT2D eigenvalue weighted by Gasteiger charge is -2.71. The van der Waals surface area contributed by atoms with Crippen molar-refractivity contribution < 1.29 is 93.9 Å². The molecule has 5 aliphatic carbocycles. The third-order valence-corrected chi connectivity index (χ3v) is 19.1. The van der Waals surface area contributed by atoms with Crippen LogP contribution in [-0.4, -0.2) is 181 Å². The number of carbonyl (C=O) groups excluding carboxylic acids is 2. The first-order valence-corrected chi connectivity index (χ1v) is 24.1. The minimum Gasteiger partial charge on any atom is -0.479 e. The fourth-order valence-electron chi connectivity index (χ4n) is 14.8. The molecule has 380 valence electrons. The van der Waals surface area contributed by atoms with Crippen molar-refractivity contribution in [1.82, 2.24) is 0 Å². The quantitative estimate of drug-likeness (QED) is 0.0788. The van der Waals surface area contributed by atoms with E-state index in [1.54, 1.807) is 0 Å². The van der Waals surface area contributed by atoms with Crippen LogP contribution in [0.25, 0.3) is 0 Å². The van der Waals surface area contributed by atoms with Crippen molar-refractivity contribution in [1.29, 1.82) is 0 Å². The molecule has 7 fully saturated rings. The summed E-state index contributed by atoms with van der Waals surface area (Å²) < 4.78 is 35.8. The molecule has 8 rings (SSSR count). The van der Waals surface area contributed by atoms with Crippen molar-refractivity contribution in [3.63, 3.8) is 0 Å². The maximum absolute atomic E-state index is 13.8. The number of aliphatic carboxylic acids is 1. The van der Waals surface area contributed by atoms with Crippen LogP contribution in [0.3, 0.4) is 0 Å². The van der Waals surface area contributed by atoms with E-state index in [9.17, 15) is 65.4 Å². The van der Waals surface area contributed by atoms with E-state index in [4.69, 9.17) is 28.4 Å². The largest absolute Gasteiger partial charge is 0.479 e. The van der Waals surface area contributed by atoms with E-state index in [2.05, 4.69) is 47.6 Å². The Bertz CT molecular complexity index is 1910. The summed E-state index contributed by atoms with van der Waals surface area (Å²) in [5.74, 6) is -1.21. The molecule has 19 nitrogen and oxygen atoms in total. The number of hydrogen-bond acceptors (Lipinski definition) is 18. The van der Waals surface area contributed by atoms with Gasteiger partial charge in [0.25, 0.3) is 0 Å². The summed E-state index contributed by atoms with van der Waals surface area (Å²) in [6.07, 6.45) is -19.4. The molecule has 24 atom stereocenters. The Balaban J connectivity index is 1.08. The van der Waals surface area contributed by atoms with Crippen molar-refractivity contribution in [3.05, 3.63) is 11.6 Å². The third-order valence-electron chi connectivity index (χ3n) is 19.1. The van der Waals surface area contributed by atoms with Gasteiger partial charge in [0, 0.05) is 11.8 Å². The van der Waals surface area contributed by atoms with E-state index in [-0.39, 0.29) is 39.4 Å². The zero-order valence-corrected chi connectivity index (χ0v) is 39.5. The van der Waals surface area contributed by atoms with E-state index in [0.717, 1.165) is 38.4 Å². The molecule has 0 aromatic rings. The monoisotopic (exact) mass is 954 g/mol. The number of carboxylic acid groups (broad SMARTS) is 1. The minimum atomic E-state index is -2.12. The molecule has 0 bridgehead atoms. The number of aldehydes is 1. The summed E-state index contributed by atoms with van der Waals surface area (Å²) in [6.45, 7) is 13.7. The van der Waals surface area contributed by atoms with Gasteiger partial charge in [-0.3, -0.25) is 4.79 Å². The molecule has 0 spiro atoms. The number of rotatable bonds is 10. The Kier molecular flexibility index (Phi) is 13.7. The second-order valence-electron chi connectivity index (χ2n) is 23.2. The molecular weight excluding hydrogens is 881 g/mol. The smallest absolute Gasteiger partial charge is 0.335 e. The molecule has 0 amide bonds. The summed E-state index contributed by atoms with van der Waals surface area (Å²) in [5, 5.41) is 106. The van der Waals surface area contributed by atoms with Gasteiger partial charge in [-0.25, -0.2) is 4.79 Å². The topological polar surface area (TPSA) is 309 Å². The van der Waals surface area contributed by atoms with Crippen molar-refractivity contribution in [2.24, 2.45) is 50.2 Å². The van der Waals surface area contributed by atoms with E-state index >= 15 is 0 Å². The van der Waals surface area contributed by atoms with Crippen LogP contribution in [0.1, 0.15) is 106 Å². The Morgan fingerprint density at radius 3 is 1.90 bits per heavy atom.